The van der Waals surface area contributed by atoms with Crippen LogP contribution in [0, 0.1) is 5.82 Å². The molecule has 2 aliphatic rings. The summed E-state index contributed by atoms with van der Waals surface area (Å²) in [5, 5.41) is 4.73. The summed E-state index contributed by atoms with van der Waals surface area (Å²) in [4.78, 5) is 15.3. The molecule has 0 radical (unpaired) electrons. The zero-order valence-electron chi connectivity index (χ0n) is 19.1. The number of nitrogens with zero attached hydrogens (tertiary/aromatic N) is 3. The predicted octanol–water partition coefficient (Wildman–Crippen LogP) is 5.46. The average molecular weight is 510 g/mol. The lowest BCUT2D eigenvalue weighted by Crippen LogP contribution is -2.35. The van der Waals surface area contributed by atoms with Crippen LogP contribution in [0.25, 0.3) is 23.0 Å². The second-order valence-corrected chi connectivity index (χ2v) is 9.89. The second-order valence-electron chi connectivity index (χ2n) is 8.22. The van der Waals surface area contributed by atoms with E-state index in [0.29, 0.717) is 39.2 Å². The fourth-order valence-corrected chi connectivity index (χ4v) is 5.41. The van der Waals surface area contributed by atoms with E-state index in [2.05, 4.69) is 0 Å². The third-order valence-corrected chi connectivity index (χ3v) is 7.22. The van der Waals surface area contributed by atoms with Gasteiger partial charge in [-0.1, -0.05) is 42.2 Å². The van der Waals surface area contributed by atoms with Crippen LogP contribution in [0.4, 0.5) is 4.39 Å². The number of halogens is 1. The van der Waals surface area contributed by atoms with Gasteiger partial charge in [-0.15, -0.1) is 0 Å². The van der Waals surface area contributed by atoms with Crippen molar-refractivity contribution in [3.05, 3.63) is 71.0 Å². The molecule has 3 aromatic rings. The topological polar surface area (TPSA) is 56.6 Å². The van der Waals surface area contributed by atoms with Crippen molar-refractivity contribution in [1.29, 1.82) is 0 Å². The highest BCUT2D eigenvalue weighted by atomic mass is 32.2. The van der Waals surface area contributed by atoms with Gasteiger partial charge in [0.15, 0.2) is 11.6 Å². The van der Waals surface area contributed by atoms with E-state index in [-0.39, 0.29) is 17.8 Å². The molecule has 1 aromatic heterocycles. The Morgan fingerprint density at radius 3 is 2.83 bits per heavy atom. The van der Waals surface area contributed by atoms with Gasteiger partial charge in [0.2, 0.25) is 0 Å². The lowest BCUT2D eigenvalue weighted by atomic mass is 10.1. The van der Waals surface area contributed by atoms with Crippen LogP contribution in [0.1, 0.15) is 25.3 Å². The van der Waals surface area contributed by atoms with E-state index in [1.165, 1.54) is 17.8 Å². The number of ether oxygens (including phenoxy) is 2. The minimum absolute atomic E-state index is 0.0140. The molecule has 0 saturated carbocycles. The largest absolute Gasteiger partial charge is 0.491 e. The van der Waals surface area contributed by atoms with Crippen molar-refractivity contribution < 1.29 is 18.7 Å². The van der Waals surface area contributed by atoms with E-state index in [4.69, 9.17) is 26.8 Å². The highest BCUT2D eigenvalue weighted by Crippen LogP contribution is 2.36. The second kappa shape index (κ2) is 10.3. The van der Waals surface area contributed by atoms with Crippen molar-refractivity contribution in [2.24, 2.45) is 0 Å². The quantitative estimate of drug-likeness (QED) is 0.312. The third kappa shape index (κ3) is 5.03. The van der Waals surface area contributed by atoms with Gasteiger partial charge in [0, 0.05) is 23.9 Å². The standard InChI is InChI=1S/C26H24FN3O3S2/c1-2-32-22-11-10-17(13-21(22)27)24-18(15-30(28-24)19-7-4-3-5-8-19)14-23-25(31)29(26(34)35-23)16-20-9-6-12-33-20/h3-5,7-8,10-11,13-15,20H,2,6,9,12,16H2,1H3. The van der Waals surface area contributed by atoms with Gasteiger partial charge >= 0.3 is 0 Å². The molecule has 0 spiro atoms. The van der Waals surface area contributed by atoms with E-state index < -0.39 is 5.82 Å². The monoisotopic (exact) mass is 509 g/mol. The number of hydrogen-bond donors (Lipinski definition) is 0. The van der Waals surface area contributed by atoms with Crippen LogP contribution in [0.3, 0.4) is 0 Å². The predicted molar refractivity (Wildman–Crippen MR) is 139 cm³/mol. The summed E-state index contributed by atoms with van der Waals surface area (Å²) < 4.78 is 28.0. The van der Waals surface area contributed by atoms with Crippen molar-refractivity contribution in [3.8, 4) is 22.7 Å². The highest BCUT2D eigenvalue weighted by Gasteiger charge is 2.35. The third-order valence-electron chi connectivity index (χ3n) is 5.84. The van der Waals surface area contributed by atoms with Crippen molar-refractivity contribution in [1.82, 2.24) is 14.7 Å². The lowest BCUT2D eigenvalue weighted by Gasteiger charge is -2.18. The zero-order chi connectivity index (χ0) is 24.4. The molecule has 6 nitrogen and oxygen atoms in total. The van der Waals surface area contributed by atoms with Crippen molar-refractivity contribution in [2.45, 2.75) is 25.9 Å². The zero-order valence-corrected chi connectivity index (χ0v) is 20.8. The summed E-state index contributed by atoms with van der Waals surface area (Å²) in [6, 6.07) is 14.4. The number of benzene rings is 2. The molecule has 0 bridgehead atoms. The van der Waals surface area contributed by atoms with Gasteiger partial charge in [-0.2, -0.15) is 5.10 Å². The molecule has 0 aliphatic carbocycles. The molecule has 2 fully saturated rings. The normalized spacial score (nSPS) is 19.2. The molecule has 5 rings (SSSR count). The molecule has 1 amide bonds. The van der Waals surface area contributed by atoms with Crippen molar-refractivity contribution >= 4 is 40.3 Å². The minimum atomic E-state index is -0.465. The molecule has 0 N–H and O–H groups in total. The molecule has 2 aliphatic heterocycles. The van der Waals surface area contributed by atoms with Crippen LogP contribution in [-0.2, 0) is 9.53 Å². The number of carbonyl (C=O) groups is 1. The first-order valence-corrected chi connectivity index (χ1v) is 12.7. The van der Waals surface area contributed by atoms with Crippen LogP contribution >= 0.6 is 24.0 Å². The summed E-state index contributed by atoms with van der Waals surface area (Å²) >= 11 is 6.76. The summed E-state index contributed by atoms with van der Waals surface area (Å²) in [6.45, 7) is 3.36. The molecule has 180 valence electrons. The van der Waals surface area contributed by atoms with Gasteiger partial charge < -0.3 is 9.47 Å². The number of hydrogen-bond acceptors (Lipinski definition) is 6. The maximum Gasteiger partial charge on any atom is 0.266 e. The molecule has 35 heavy (non-hydrogen) atoms. The van der Waals surface area contributed by atoms with E-state index in [1.54, 1.807) is 27.8 Å². The van der Waals surface area contributed by atoms with Gasteiger partial charge in [-0.05, 0) is 56.2 Å². The summed E-state index contributed by atoms with van der Waals surface area (Å²) in [6.07, 6.45) is 5.56. The van der Waals surface area contributed by atoms with Gasteiger partial charge in [-0.25, -0.2) is 9.07 Å². The molecule has 2 aromatic carbocycles. The number of rotatable bonds is 7. The highest BCUT2D eigenvalue weighted by molar-refractivity contribution is 8.26. The molecule has 9 heteroatoms. The maximum atomic E-state index is 14.7. The molecule has 1 unspecified atom stereocenters. The smallest absolute Gasteiger partial charge is 0.266 e. The number of amides is 1. The Morgan fingerprint density at radius 2 is 2.11 bits per heavy atom. The van der Waals surface area contributed by atoms with E-state index >= 15 is 0 Å². The fourth-order valence-electron chi connectivity index (χ4n) is 4.14. The first kappa shape index (κ1) is 23.7. The van der Waals surface area contributed by atoms with Gasteiger partial charge in [0.05, 0.1) is 29.8 Å². The minimum Gasteiger partial charge on any atom is -0.491 e. The lowest BCUT2D eigenvalue weighted by molar-refractivity contribution is -0.123. The van der Waals surface area contributed by atoms with Crippen LogP contribution in [0.5, 0.6) is 5.75 Å². The Bertz CT molecular complexity index is 1290. The number of carbonyl (C=O) groups excluding carboxylic acids is 1. The molecular weight excluding hydrogens is 485 g/mol. The Hall–Kier alpha value is -3.01. The molecular formula is C26H24FN3O3S2. The van der Waals surface area contributed by atoms with Crippen LogP contribution < -0.4 is 4.74 Å². The first-order valence-electron chi connectivity index (χ1n) is 11.5. The SMILES string of the molecule is CCOc1ccc(-c2nn(-c3ccccc3)cc2C=C2SC(=S)N(CC3CCCO3)C2=O)cc1F. The van der Waals surface area contributed by atoms with E-state index in [9.17, 15) is 9.18 Å². The number of thiocarbonyl (C=S) groups is 1. The van der Waals surface area contributed by atoms with Crippen LogP contribution in [0.2, 0.25) is 0 Å². The van der Waals surface area contributed by atoms with E-state index in [1.807, 2.05) is 43.5 Å². The van der Waals surface area contributed by atoms with Crippen LogP contribution in [0.15, 0.2) is 59.6 Å². The van der Waals surface area contributed by atoms with Crippen molar-refractivity contribution in [2.75, 3.05) is 19.8 Å². The first-order chi connectivity index (χ1) is 17.0. The van der Waals surface area contributed by atoms with Gasteiger partial charge in [0.25, 0.3) is 5.91 Å². The van der Waals surface area contributed by atoms with Crippen molar-refractivity contribution in [3.63, 3.8) is 0 Å². The Balaban J connectivity index is 1.52. The summed E-state index contributed by atoms with van der Waals surface area (Å²) in [7, 11) is 0. The Morgan fingerprint density at radius 1 is 1.29 bits per heavy atom. The Kier molecular flexibility index (Phi) is 6.99. The van der Waals surface area contributed by atoms with Gasteiger partial charge in [-0.3, -0.25) is 9.69 Å². The number of aromatic nitrogens is 2. The molecule has 3 heterocycles. The maximum absolute atomic E-state index is 14.7. The average Bonchev–Trinajstić information content (AvgIpc) is 3.59. The fraction of sp³-hybridized carbons (Fsp3) is 0.269. The number of thioether (sulfide) groups is 1. The summed E-state index contributed by atoms with van der Waals surface area (Å²) in [5.74, 6) is -0.422. The molecule has 2 saturated heterocycles. The number of para-hydroxylation sites is 1. The molecule has 1 atom stereocenters. The van der Waals surface area contributed by atoms with Crippen LogP contribution in [-0.4, -0.2) is 50.8 Å². The van der Waals surface area contributed by atoms with Gasteiger partial charge in [0.1, 0.15) is 10.0 Å². The summed E-state index contributed by atoms with van der Waals surface area (Å²) in [5.41, 5.74) is 2.68. The van der Waals surface area contributed by atoms with E-state index in [0.717, 1.165) is 25.1 Å². The Labute approximate surface area is 212 Å².